The van der Waals surface area contributed by atoms with Crippen molar-refractivity contribution in [3.8, 4) is 5.75 Å². The predicted octanol–water partition coefficient (Wildman–Crippen LogP) is 4.10. The lowest BCUT2D eigenvalue weighted by molar-refractivity contribution is -0.117. The fraction of sp³-hybridized carbons (Fsp3) is 0.167. The number of anilines is 1. The third-order valence-corrected chi connectivity index (χ3v) is 4.87. The smallest absolute Gasteiger partial charge is 0.229 e. The van der Waals surface area contributed by atoms with Gasteiger partial charge in [-0.15, -0.1) is 0 Å². The monoisotopic (exact) mass is 388 g/mol. The van der Waals surface area contributed by atoms with Crippen LogP contribution in [0, 0.1) is 0 Å². The summed E-state index contributed by atoms with van der Waals surface area (Å²) < 4.78 is 7.57. The Kier molecular flexibility index (Phi) is 4.53. The third kappa shape index (κ3) is 3.38. The molecule has 0 fully saturated rings. The van der Waals surface area contributed by atoms with E-state index in [2.05, 4.69) is 15.4 Å². The molecule has 1 aliphatic rings. The largest absolute Gasteiger partial charge is 0.489 e. The zero-order valence-electron chi connectivity index (χ0n) is 13.5. The van der Waals surface area contributed by atoms with Crippen molar-refractivity contribution in [2.75, 3.05) is 5.32 Å². The second kappa shape index (κ2) is 6.97. The minimum atomic E-state index is -0.213. The van der Waals surface area contributed by atoms with Crippen LogP contribution >= 0.6 is 23.2 Å². The number of halogens is 2. The van der Waals surface area contributed by atoms with Crippen LogP contribution < -0.4 is 10.1 Å². The Bertz CT molecular complexity index is 973. The van der Waals surface area contributed by atoms with Crippen LogP contribution in [-0.4, -0.2) is 20.7 Å². The van der Waals surface area contributed by atoms with E-state index >= 15 is 0 Å². The zero-order valence-corrected chi connectivity index (χ0v) is 15.0. The highest BCUT2D eigenvalue weighted by atomic mass is 35.5. The Balaban J connectivity index is 1.54. The highest BCUT2D eigenvalue weighted by Crippen LogP contribution is 2.30. The van der Waals surface area contributed by atoms with Crippen molar-refractivity contribution >= 4 is 35.1 Å². The van der Waals surface area contributed by atoms with Gasteiger partial charge in [0.1, 0.15) is 18.7 Å². The third-order valence-electron chi connectivity index (χ3n) is 4.13. The van der Waals surface area contributed by atoms with Gasteiger partial charge >= 0.3 is 0 Å². The summed E-state index contributed by atoms with van der Waals surface area (Å²) in [5.74, 6) is 1.06. The van der Waals surface area contributed by atoms with Gasteiger partial charge in [-0.25, -0.2) is 4.68 Å². The van der Waals surface area contributed by atoms with Crippen LogP contribution in [0.15, 0.2) is 48.8 Å². The first-order chi connectivity index (χ1) is 12.6. The molecule has 4 rings (SSSR count). The molecule has 0 bridgehead atoms. The second-order valence-corrected chi connectivity index (χ2v) is 6.72. The lowest BCUT2D eigenvalue weighted by atomic mass is 10.0. The standard InChI is InChI=1S/C18H14Cl2N4O2/c19-14-5-4-11(6-15(14)20)9-26-13-3-1-2-12(7-13)16-8-17(25)23-18-21-10-22-24(16)18/h1-7,10,16H,8-9H2,(H,21,22,23,25). The molecule has 8 heteroatoms. The molecule has 0 spiro atoms. The summed E-state index contributed by atoms with van der Waals surface area (Å²) in [5.41, 5.74) is 1.85. The SMILES string of the molecule is O=C1CC(c2cccc(OCc3ccc(Cl)c(Cl)c3)c2)n2ncnc2N1. The van der Waals surface area contributed by atoms with Crippen molar-refractivity contribution in [2.45, 2.75) is 19.1 Å². The summed E-state index contributed by atoms with van der Waals surface area (Å²) in [6.45, 7) is 0.361. The summed E-state index contributed by atoms with van der Waals surface area (Å²) in [5, 5.41) is 7.92. The molecule has 2 heterocycles. The maximum atomic E-state index is 11.9. The van der Waals surface area contributed by atoms with Crippen LogP contribution in [0.25, 0.3) is 0 Å². The number of nitrogens with zero attached hydrogens (tertiary/aromatic N) is 3. The molecular weight excluding hydrogens is 375 g/mol. The van der Waals surface area contributed by atoms with Gasteiger partial charge in [0.2, 0.25) is 11.9 Å². The maximum absolute atomic E-state index is 11.9. The molecule has 3 aromatic rings. The number of ether oxygens (including phenoxy) is 1. The van der Waals surface area contributed by atoms with Gasteiger partial charge in [0.15, 0.2) is 0 Å². The Morgan fingerprint density at radius 3 is 2.92 bits per heavy atom. The highest BCUT2D eigenvalue weighted by Gasteiger charge is 2.27. The number of amides is 1. The minimum absolute atomic E-state index is 0.0855. The molecule has 132 valence electrons. The molecule has 0 saturated carbocycles. The fourth-order valence-corrected chi connectivity index (χ4v) is 3.19. The van der Waals surface area contributed by atoms with E-state index in [4.69, 9.17) is 27.9 Å². The van der Waals surface area contributed by atoms with Crippen LogP contribution in [-0.2, 0) is 11.4 Å². The van der Waals surface area contributed by atoms with Crippen molar-refractivity contribution in [1.29, 1.82) is 0 Å². The van der Waals surface area contributed by atoms with Crippen molar-refractivity contribution < 1.29 is 9.53 Å². The molecule has 26 heavy (non-hydrogen) atoms. The van der Waals surface area contributed by atoms with Gasteiger partial charge in [0.05, 0.1) is 22.5 Å². The number of nitrogens with one attached hydrogen (secondary N) is 1. The van der Waals surface area contributed by atoms with E-state index in [0.29, 0.717) is 34.8 Å². The molecular formula is C18H14Cl2N4O2. The van der Waals surface area contributed by atoms with Gasteiger partial charge in [-0.05, 0) is 35.4 Å². The first kappa shape index (κ1) is 16.9. The van der Waals surface area contributed by atoms with Crippen LogP contribution in [0.2, 0.25) is 10.0 Å². The van der Waals surface area contributed by atoms with E-state index in [1.54, 1.807) is 16.8 Å². The number of hydrogen-bond donors (Lipinski definition) is 1. The fourth-order valence-electron chi connectivity index (χ4n) is 2.87. The molecule has 1 N–H and O–H groups in total. The Hall–Kier alpha value is -2.57. The van der Waals surface area contributed by atoms with Gasteiger partial charge in [-0.2, -0.15) is 10.1 Å². The number of carbonyl (C=O) groups is 1. The second-order valence-electron chi connectivity index (χ2n) is 5.91. The van der Waals surface area contributed by atoms with Gasteiger partial charge in [0, 0.05) is 0 Å². The summed E-state index contributed by atoms with van der Waals surface area (Å²) in [6.07, 6.45) is 1.73. The lowest BCUT2D eigenvalue weighted by Crippen LogP contribution is -2.29. The number of benzene rings is 2. The molecule has 0 aliphatic carbocycles. The van der Waals surface area contributed by atoms with Crippen molar-refractivity contribution in [3.63, 3.8) is 0 Å². The van der Waals surface area contributed by atoms with Gasteiger partial charge in [0.25, 0.3) is 0 Å². The van der Waals surface area contributed by atoms with Crippen molar-refractivity contribution in [2.24, 2.45) is 0 Å². The van der Waals surface area contributed by atoms with Crippen molar-refractivity contribution in [1.82, 2.24) is 14.8 Å². The first-order valence-electron chi connectivity index (χ1n) is 7.96. The highest BCUT2D eigenvalue weighted by molar-refractivity contribution is 6.42. The molecule has 1 aromatic heterocycles. The summed E-state index contributed by atoms with van der Waals surface area (Å²) >= 11 is 12.0. The van der Waals surface area contributed by atoms with Crippen molar-refractivity contribution in [3.05, 3.63) is 70.0 Å². The van der Waals surface area contributed by atoms with Crippen LogP contribution in [0.3, 0.4) is 0 Å². The first-order valence-corrected chi connectivity index (χ1v) is 8.72. The molecule has 6 nitrogen and oxygen atoms in total. The lowest BCUT2D eigenvalue weighted by Gasteiger charge is -2.24. The topological polar surface area (TPSA) is 69.0 Å². The average molecular weight is 389 g/mol. The van der Waals surface area contributed by atoms with E-state index in [0.717, 1.165) is 11.1 Å². The minimum Gasteiger partial charge on any atom is -0.489 e. The number of carbonyl (C=O) groups excluding carboxylic acids is 1. The molecule has 1 unspecified atom stereocenters. The number of hydrogen-bond acceptors (Lipinski definition) is 4. The summed E-state index contributed by atoms with van der Waals surface area (Å²) in [6, 6.07) is 12.8. The predicted molar refractivity (Wildman–Crippen MR) is 98.6 cm³/mol. The quantitative estimate of drug-likeness (QED) is 0.730. The zero-order chi connectivity index (χ0) is 18.1. The van der Waals surface area contributed by atoms with Crippen LogP contribution in [0.1, 0.15) is 23.6 Å². The Morgan fingerprint density at radius 1 is 1.19 bits per heavy atom. The van der Waals surface area contributed by atoms with Gasteiger partial charge < -0.3 is 4.74 Å². The number of aromatic nitrogens is 3. The number of rotatable bonds is 4. The maximum Gasteiger partial charge on any atom is 0.229 e. The normalized spacial score (nSPS) is 16.1. The van der Waals surface area contributed by atoms with Crippen LogP contribution in [0.5, 0.6) is 5.75 Å². The van der Waals surface area contributed by atoms with Gasteiger partial charge in [-0.1, -0.05) is 41.4 Å². The van der Waals surface area contributed by atoms with Crippen LogP contribution in [0.4, 0.5) is 5.95 Å². The summed E-state index contributed by atoms with van der Waals surface area (Å²) in [7, 11) is 0. The molecule has 0 saturated heterocycles. The Labute approximate surface area is 159 Å². The summed E-state index contributed by atoms with van der Waals surface area (Å²) in [4.78, 5) is 16.0. The average Bonchev–Trinajstić information content (AvgIpc) is 3.10. The van der Waals surface area contributed by atoms with Gasteiger partial charge in [-0.3, -0.25) is 10.1 Å². The van der Waals surface area contributed by atoms with E-state index < -0.39 is 0 Å². The van der Waals surface area contributed by atoms with E-state index in [1.807, 2.05) is 30.3 Å². The Morgan fingerprint density at radius 2 is 2.08 bits per heavy atom. The molecule has 0 radical (unpaired) electrons. The molecule has 1 amide bonds. The van der Waals surface area contributed by atoms with E-state index in [1.165, 1.54) is 6.33 Å². The van der Waals surface area contributed by atoms with E-state index in [9.17, 15) is 4.79 Å². The molecule has 2 aromatic carbocycles. The van der Waals surface area contributed by atoms with E-state index in [-0.39, 0.29) is 11.9 Å². The molecule has 1 atom stereocenters. The molecule has 1 aliphatic heterocycles. The number of fused-ring (bicyclic) bond motifs is 1.